The summed E-state index contributed by atoms with van der Waals surface area (Å²) < 4.78 is 39.5. The van der Waals surface area contributed by atoms with E-state index >= 15 is 0 Å². The standard InChI is InChI=1S/C15H19FN4O2S2/c1-17-15(19-11-12-4-6-13(16)7-5-12)18-8-9-20-24(21,22)14-3-2-10-23-14/h2-7,10,20H,8-9,11H2,1H3,(H2,17,18,19). The molecule has 0 spiro atoms. The lowest BCUT2D eigenvalue weighted by molar-refractivity contribution is 0.582. The number of aliphatic imine (C=N–C) groups is 1. The lowest BCUT2D eigenvalue weighted by Crippen LogP contribution is -2.41. The average molecular weight is 370 g/mol. The Hall–Kier alpha value is -1.97. The van der Waals surface area contributed by atoms with Crippen LogP contribution in [0.5, 0.6) is 0 Å². The highest BCUT2D eigenvalue weighted by Gasteiger charge is 2.13. The van der Waals surface area contributed by atoms with Crippen molar-refractivity contribution < 1.29 is 12.8 Å². The molecule has 0 amide bonds. The Kier molecular flexibility index (Phi) is 6.71. The maximum absolute atomic E-state index is 12.8. The highest BCUT2D eigenvalue weighted by molar-refractivity contribution is 7.91. The number of halogens is 1. The van der Waals surface area contributed by atoms with Crippen LogP contribution in [0, 0.1) is 5.82 Å². The molecule has 0 radical (unpaired) electrons. The zero-order chi connectivity index (χ0) is 17.4. The summed E-state index contributed by atoms with van der Waals surface area (Å²) >= 11 is 1.17. The van der Waals surface area contributed by atoms with E-state index < -0.39 is 10.0 Å². The fraction of sp³-hybridized carbons (Fsp3) is 0.267. The topological polar surface area (TPSA) is 82.6 Å². The Morgan fingerprint density at radius 2 is 1.92 bits per heavy atom. The molecule has 1 aromatic carbocycles. The lowest BCUT2D eigenvalue weighted by Gasteiger charge is -2.12. The van der Waals surface area contributed by atoms with Gasteiger partial charge in [0.25, 0.3) is 0 Å². The van der Waals surface area contributed by atoms with Crippen molar-refractivity contribution in [3.8, 4) is 0 Å². The molecular formula is C15H19FN4O2S2. The first-order valence-corrected chi connectivity index (χ1v) is 9.59. The van der Waals surface area contributed by atoms with Crippen molar-refractivity contribution in [2.24, 2.45) is 4.99 Å². The van der Waals surface area contributed by atoms with Crippen LogP contribution in [0.15, 0.2) is 51.0 Å². The van der Waals surface area contributed by atoms with Gasteiger partial charge in [0.05, 0.1) is 0 Å². The van der Waals surface area contributed by atoms with Crippen molar-refractivity contribution in [3.05, 3.63) is 53.2 Å². The SMILES string of the molecule is CN=C(NCCNS(=O)(=O)c1cccs1)NCc1ccc(F)cc1. The monoisotopic (exact) mass is 370 g/mol. The zero-order valence-corrected chi connectivity index (χ0v) is 14.8. The van der Waals surface area contributed by atoms with Gasteiger partial charge in [0, 0.05) is 26.7 Å². The van der Waals surface area contributed by atoms with Gasteiger partial charge in [-0.15, -0.1) is 11.3 Å². The van der Waals surface area contributed by atoms with E-state index in [4.69, 9.17) is 0 Å². The van der Waals surface area contributed by atoms with Crippen molar-refractivity contribution in [1.82, 2.24) is 15.4 Å². The second-order valence-corrected chi connectivity index (χ2v) is 7.75. The van der Waals surface area contributed by atoms with Gasteiger partial charge in [-0.3, -0.25) is 4.99 Å². The third-order valence-electron chi connectivity index (χ3n) is 3.07. The molecule has 0 saturated carbocycles. The highest BCUT2D eigenvalue weighted by Crippen LogP contribution is 2.14. The number of thiophene rings is 1. The van der Waals surface area contributed by atoms with Gasteiger partial charge in [0.2, 0.25) is 10.0 Å². The minimum absolute atomic E-state index is 0.234. The van der Waals surface area contributed by atoms with E-state index in [1.807, 2.05) is 0 Å². The second kappa shape index (κ2) is 8.76. The fourth-order valence-corrected chi connectivity index (χ4v) is 3.93. The number of hydrogen-bond acceptors (Lipinski definition) is 4. The molecule has 1 heterocycles. The summed E-state index contributed by atoms with van der Waals surface area (Å²) in [6, 6.07) is 9.41. The lowest BCUT2D eigenvalue weighted by atomic mass is 10.2. The smallest absolute Gasteiger partial charge is 0.250 e. The van der Waals surface area contributed by atoms with Crippen LogP contribution in [0.25, 0.3) is 0 Å². The molecule has 0 atom stereocenters. The van der Waals surface area contributed by atoms with Crippen LogP contribution in [0.2, 0.25) is 0 Å². The molecule has 6 nitrogen and oxygen atoms in total. The van der Waals surface area contributed by atoms with Crippen molar-refractivity contribution in [2.75, 3.05) is 20.1 Å². The van der Waals surface area contributed by atoms with E-state index in [9.17, 15) is 12.8 Å². The van der Waals surface area contributed by atoms with Crippen molar-refractivity contribution in [1.29, 1.82) is 0 Å². The van der Waals surface area contributed by atoms with E-state index in [1.165, 1.54) is 23.5 Å². The van der Waals surface area contributed by atoms with Gasteiger partial charge in [-0.25, -0.2) is 17.5 Å². The van der Waals surface area contributed by atoms with Crippen LogP contribution in [-0.2, 0) is 16.6 Å². The number of hydrogen-bond donors (Lipinski definition) is 3. The molecule has 0 unspecified atom stereocenters. The molecule has 24 heavy (non-hydrogen) atoms. The van der Waals surface area contributed by atoms with Crippen LogP contribution >= 0.6 is 11.3 Å². The Labute approximate surface area is 144 Å². The van der Waals surface area contributed by atoms with Gasteiger partial charge in [0.15, 0.2) is 5.96 Å². The number of nitrogens with zero attached hydrogens (tertiary/aromatic N) is 1. The minimum atomic E-state index is -3.45. The van der Waals surface area contributed by atoms with Gasteiger partial charge < -0.3 is 10.6 Å². The molecule has 2 rings (SSSR count). The Morgan fingerprint density at radius 3 is 2.54 bits per heavy atom. The normalized spacial score (nSPS) is 12.2. The number of guanidine groups is 1. The van der Waals surface area contributed by atoms with Gasteiger partial charge in [-0.05, 0) is 29.1 Å². The second-order valence-electron chi connectivity index (χ2n) is 4.81. The first kappa shape index (κ1) is 18.4. The van der Waals surface area contributed by atoms with Crippen molar-refractivity contribution >= 4 is 27.3 Å². The largest absolute Gasteiger partial charge is 0.355 e. The number of benzene rings is 1. The maximum atomic E-state index is 12.8. The molecule has 3 N–H and O–H groups in total. The molecule has 9 heteroatoms. The van der Waals surface area contributed by atoms with E-state index in [-0.39, 0.29) is 12.4 Å². The van der Waals surface area contributed by atoms with Crippen LogP contribution in [0.4, 0.5) is 4.39 Å². The first-order chi connectivity index (χ1) is 11.5. The van der Waals surface area contributed by atoms with Crippen LogP contribution in [-0.4, -0.2) is 34.5 Å². The Morgan fingerprint density at radius 1 is 1.17 bits per heavy atom. The molecule has 0 aliphatic heterocycles. The minimum Gasteiger partial charge on any atom is -0.355 e. The van der Waals surface area contributed by atoms with Crippen LogP contribution in [0.1, 0.15) is 5.56 Å². The molecule has 0 aliphatic carbocycles. The number of rotatable bonds is 7. The van der Waals surface area contributed by atoms with Gasteiger partial charge in [-0.1, -0.05) is 18.2 Å². The molecule has 0 aliphatic rings. The molecule has 1 aromatic heterocycles. The van der Waals surface area contributed by atoms with Gasteiger partial charge >= 0.3 is 0 Å². The number of sulfonamides is 1. The molecule has 0 fully saturated rings. The quantitative estimate of drug-likeness (QED) is 0.392. The molecule has 130 valence electrons. The summed E-state index contributed by atoms with van der Waals surface area (Å²) in [6.45, 7) is 1.10. The third-order valence-corrected chi connectivity index (χ3v) is 5.92. The maximum Gasteiger partial charge on any atom is 0.250 e. The molecule has 2 aromatic rings. The van der Waals surface area contributed by atoms with Gasteiger partial charge in [-0.2, -0.15) is 0 Å². The summed E-state index contributed by atoms with van der Waals surface area (Å²) in [5.74, 6) is 0.258. The Bertz CT molecular complexity index is 759. The Balaban J connectivity index is 1.73. The predicted octanol–water partition coefficient (Wildman–Crippen LogP) is 1.53. The highest BCUT2D eigenvalue weighted by atomic mass is 32.2. The third kappa shape index (κ3) is 5.59. The predicted molar refractivity (Wildman–Crippen MR) is 94.1 cm³/mol. The summed E-state index contributed by atoms with van der Waals surface area (Å²) in [7, 11) is -1.83. The van der Waals surface area contributed by atoms with Crippen molar-refractivity contribution in [2.45, 2.75) is 10.8 Å². The van der Waals surface area contributed by atoms with Crippen molar-refractivity contribution in [3.63, 3.8) is 0 Å². The summed E-state index contributed by atoms with van der Waals surface area (Å²) in [5.41, 5.74) is 0.915. The molecule has 0 saturated heterocycles. The number of nitrogens with one attached hydrogen (secondary N) is 3. The van der Waals surface area contributed by atoms with E-state index in [2.05, 4.69) is 20.3 Å². The molecule has 0 bridgehead atoms. The molecular weight excluding hydrogens is 351 g/mol. The van der Waals surface area contributed by atoms with Crippen LogP contribution in [0.3, 0.4) is 0 Å². The first-order valence-electron chi connectivity index (χ1n) is 7.23. The van der Waals surface area contributed by atoms with Crippen LogP contribution < -0.4 is 15.4 Å². The summed E-state index contributed by atoms with van der Waals surface area (Å²) in [4.78, 5) is 4.05. The summed E-state index contributed by atoms with van der Waals surface area (Å²) in [5, 5.41) is 7.80. The zero-order valence-electron chi connectivity index (χ0n) is 13.1. The average Bonchev–Trinajstić information content (AvgIpc) is 3.11. The van der Waals surface area contributed by atoms with Gasteiger partial charge in [0.1, 0.15) is 10.0 Å². The van der Waals surface area contributed by atoms with E-state index in [1.54, 1.807) is 36.7 Å². The fourth-order valence-electron chi connectivity index (χ4n) is 1.86. The van der Waals surface area contributed by atoms with E-state index in [0.29, 0.717) is 23.3 Å². The summed E-state index contributed by atoms with van der Waals surface area (Å²) in [6.07, 6.45) is 0. The van der Waals surface area contributed by atoms with E-state index in [0.717, 1.165) is 5.56 Å².